The van der Waals surface area contributed by atoms with Crippen LogP contribution >= 0.6 is 0 Å². The fraction of sp³-hybridized carbons (Fsp3) is 0.263. The molecule has 60 heavy (non-hydrogen) atoms. The first-order valence-electron chi connectivity index (χ1n) is 22.5. The van der Waals surface area contributed by atoms with Gasteiger partial charge in [0, 0.05) is 51.9 Å². The van der Waals surface area contributed by atoms with Crippen molar-refractivity contribution >= 4 is 16.9 Å². The van der Waals surface area contributed by atoms with Crippen molar-refractivity contribution in [3.63, 3.8) is 0 Å². The summed E-state index contributed by atoms with van der Waals surface area (Å²) in [6.07, 6.45) is 35.0. The summed E-state index contributed by atoms with van der Waals surface area (Å²) in [7, 11) is 0. The minimum Gasteiger partial charge on any atom is -0.489 e. The number of rotatable bonds is 3. The first kappa shape index (κ1) is 33.7. The fourth-order valence-electron chi connectivity index (χ4n) is 13.9. The van der Waals surface area contributed by atoms with Crippen LogP contribution in [0.1, 0.15) is 96.2 Å². The normalized spacial score (nSPS) is 32.5. The number of ether oxygens (including phenoxy) is 2. The van der Waals surface area contributed by atoms with E-state index in [0.29, 0.717) is 17.8 Å². The lowest BCUT2D eigenvalue weighted by atomic mass is 9.60. The molecule has 4 aromatic carbocycles. The molecule has 0 fully saturated rings. The minimum absolute atomic E-state index is 0.0568. The monoisotopic (exact) mass is 777 g/mol. The van der Waals surface area contributed by atoms with E-state index in [-0.39, 0.29) is 28.9 Å². The van der Waals surface area contributed by atoms with Gasteiger partial charge in [0.1, 0.15) is 23.4 Å². The Hall–Kier alpha value is -6.06. The van der Waals surface area contributed by atoms with Crippen LogP contribution in [0.2, 0.25) is 0 Å². The van der Waals surface area contributed by atoms with Gasteiger partial charge in [-0.05, 0) is 119 Å². The van der Waals surface area contributed by atoms with Crippen LogP contribution in [0.25, 0.3) is 5.57 Å². The molecule has 0 bridgehead atoms. The lowest BCUT2D eigenvalue weighted by Gasteiger charge is -2.47. The van der Waals surface area contributed by atoms with Crippen molar-refractivity contribution in [1.82, 2.24) is 0 Å². The highest BCUT2D eigenvalue weighted by Gasteiger charge is 2.57. The molecule has 0 amide bonds. The molecule has 4 aromatic rings. The van der Waals surface area contributed by atoms with Crippen LogP contribution < -0.4 is 9.64 Å². The molecule has 0 radical (unpaired) electrons. The van der Waals surface area contributed by atoms with Gasteiger partial charge in [0.2, 0.25) is 0 Å². The third-order valence-electron chi connectivity index (χ3n) is 16.3. The Morgan fingerprint density at radius 1 is 0.750 bits per heavy atom. The molecule has 10 aliphatic rings. The molecule has 3 heterocycles. The smallest absolute Gasteiger partial charge is 0.127 e. The molecule has 3 aliphatic heterocycles. The lowest BCUT2D eigenvalue weighted by Crippen LogP contribution is -2.43. The number of hydrogen-bond donors (Lipinski definition) is 0. The SMILES string of the molecule is CC12C3=CCCC=C3c3cccc(c31)N(C1C=CC=C3OC4=C(CCC(C5(c6ccccc6)c6ccccc6C6C=CC=CC65)=C4)C31)c1cc3c(cc12)O[C@H]1CC=CCC31. The number of nitrogens with zero attached hydrogens (tertiary/aromatic N) is 1. The first-order chi connectivity index (χ1) is 29.6. The van der Waals surface area contributed by atoms with E-state index in [1.165, 1.54) is 72.6 Å². The highest BCUT2D eigenvalue weighted by molar-refractivity contribution is 5.99. The zero-order valence-corrected chi connectivity index (χ0v) is 34.0. The molecular weight excluding hydrogens is 731 g/mol. The highest BCUT2D eigenvalue weighted by atomic mass is 16.5. The zero-order valence-electron chi connectivity index (χ0n) is 34.0. The van der Waals surface area contributed by atoms with E-state index in [4.69, 9.17) is 9.47 Å². The summed E-state index contributed by atoms with van der Waals surface area (Å²) in [5.74, 6) is 4.37. The number of anilines is 2. The van der Waals surface area contributed by atoms with E-state index in [1.807, 2.05) is 0 Å². The summed E-state index contributed by atoms with van der Waals surface area (Å²) >= 11 is 0. The summed E-state index contributed by atoms with van der Waals surface area (Å²) in [5.41, 5.74) is 17.8. The van der Waals surface area contributed by atoms with Crippen molar-refractivity contribution in [3.8, 4) is 5.75 Å². The molecule has 0 saturated heterocycles. The first-order valence-corrected chi connectivity index (χ1v) is 22.5. The predicted octanol–water partition coefficient (Wildman–Crippen LogP) is 13.0. The van der Waals surface area contributed by atoms with Gasteiger partial charge in [-0.15, -0.1) is 0 Å². The van der Waals surface area contributed by atoms with Crippen LogP contribution in [0.4, 0.5) is 11.4 Å². The molecule has 292 valence electrons. The molecule has 0 N–H and O–H groups in total. The van der Waals surface area contributed by atoms with E-state index in [0.717, 1.165) is 55.8 Å². The Labute approximate surface area is 352 Å². The summed E-state index contributed by atoms with van der Waals surface area (Å²) in [6, 6.07) is 32.7. The molecule has 8 atom stereocenters. The number of benzene rings is 4. The highest BCUT2D eigenvalue weighted by Crippen LogP contribution is 2.66. The van der Waals surface area contributed by atoms with Gasteiger partial charge < -0.3 is 14.4 Å². The fourth-order valence-corrected chi connectivity index (χ4v) is 13.9. The van der Waals surface area contributed by atoms with Crippen molar-refractivity contribution in [2.24, 2.45) is 11.8 Å². The summed E-state index contributed by atoms with van der Waals surface area (Å²) in [5, 5.41) is 0. The number of hydrogen-bond acceptors (Lipinski definition) is 3. The topological polar surface area (TPSA) is 21.7 Å². The van der Waals surface area contributed by atoms with Gasteiger partial charge >= 0.3 is 0 Å². The van der Waals surface area contributed by atoms with Gasteiger partial charge in [-0.3, -0.25) is 0 Å². The Balaban J connectivity index is 0.949. The number of fused-ring (bicyclic) bond motifs is 13. The van der Waals surface area contributed by atoms with Crippen LogP contribution in [-0.2, 0) is 15.6 Å². The predicted molar refractivity (Wildman–Crippen MR) is 240 cm³/mol. The van der Waals surface area contributed by atoms with E-state index in [9.17, 15) is 0 Å². The van der Waals surface area contributed by atoms with Crippen LogP contribution in [0.5, 0.6) is 5.75 Å². The molecule has 7 unspecified atom stereocenters. The molecular formula is C57H47NO2. The average Bonchev–Trinajstić information content (AvgIpc) is 4.03. The molecule has 7 aliphatic carbocycles. The van der Waals surface area contributed by atoms with Crippen LogP contribution in [0.3, 0.4) is 0 Å². The Morgan fingerprint density at radius 3 is 2.57 bits per heavy atom. The van der Waals surface area contributed by atoms with Gasteiger partial charge in [-0.2, -0.15) is 0 Å². The molecule has 0 saturated carbocycles. The summed E-state index contributed by atoms with van der Waals surface area (Å²) < 4.78 is 14.0. The largest absolute Gasteiger partial charge is 0.489 e. The average molecular weight is 778 g/mol. The van der Waals surface area contributed by atoms with Crippen molar-refractivity contribution in [2.45, 2.75) is 80.3 Å². The second-order valence-corrected chi connectivity index (χ2v) is 18.8. The van der Waals surface area contributed by atoms with Gasteiger partial charge in [0.15, 0.2) is 0 Å². The van der Waals surface area contributed by atoms with Gasteiger partial charge in [-0.25, -0.2) is 0 Å². The zero-order chi connectivity index (χ0) is 39.3. The van der Waals surface area contributed by atoms with Crippen molar-refractivity contribution in [3.05, 3.63) is 225 Å². The molecule has 0 aromatic heterocycles. The van der Waals surface area contributed by atoms with Crippen molar-refractivity contribution < 1.29 is 9.47 Å². The molecule has 3 heteroatoms. The maximum atomic E-state index is 7.17. The van der Waals surface area contributed by atoms with Crippen LogP contribution in [-0.4, -0.2) is 12.1 Å². The second-order valence-electron chi connectivity index (χ2n) is 18.8. The minimum atomic E-state index is -0.277. The molecule has 3 nitrogen and oxygen atoms in total. The van der Waals surface area contributed by atoms with Crippen molar-refractivity contribution in [1.29, 1.82) is 0 Å². The summed E-state index contributed by atoms with van der Waals surface area (Å²) in [6.45, 7) is 2.50. The van der Waals surface area contributed by atoms with E-state index in [1.54, 1.807) is 0 Å². The standard InChI is InChI=1S/C57H47NO2/c1-56-43-22-9-5-19-38(43)40-21-13-26-48(55(40)56)58(49-32-42-39-20-8-12-27-50(39)59-53(42)33-46(49)56)47-25-14-28-51-54(47)41-30-29-35(31-52(41)60-51)57(34-15-3-2-4-16-34)44-23-10-6-17-36(44)37-18-7-11-24-45(37)57/h2-4,6-8,10-19,21-26,28,31-33,36,39,44,47,50,54H,5,9,20,27,29-30H2,1H3/t36?,39?,44?,47?,50-,54?,56?,57?/m0/s1. The third-order valence-corrected chi connectivity index (χ3v) is 16.3. The summed E-state index contributed by atoms with van der Waals surface area (Å²) in [4.78, 5) is 2.73. The van der Waals surface area contributed by atoms with Crippen molar-refractivity contribution in [2.75, 3.05) is 4.90 Å². The van der Waals surface area contributed by atoms with Crippen LogP contribution in [0.15, 0.2) is 186 Å². The lowest BCUT2D eigenvalue weighted by molar-refractivity contribution is 0.203. The Kier molecular flexibility index (Phi) is 6.77. The van der Waals surface area contributed by atoms with Gasteiger partial charge in [0.05, 0.1) is 12.0 Å². The Bertz CT molecular complexity index is 2890. The van der Waals surface area contributed by atoms with Gasteiger partial charge in [-0.1, -0.05) is 133 Å². The molecule has 14 rings (SSSR count). The maximum Gasteiger partial charge on any atom is 0.127 e. The van der Waals surface area contributed by atoms with E-state index < -0.39 is 0 Å². The van der Waals surface area contributed by atoms with E-state index >= 15 is 0 Å². The third kappa shape index (κ3) is 4.12. The number of allylic oxidation sites excluding steroid dienone is 13. The molecule has 0 spiro atoms. The quantitative estimate of drug-likeness (QED) is 0.193. The van der Waals surface area contributed by atoms with E-state index in [2.05, 4.69) is 170 Å². The second kappa shape index (κ2) is 12.0. The Morgan fingerprint density at radius 2 is 1.62 bits per heavy atom. The van der Waals surface area contributed by atoms with Crippen LogP contribution in [0, 0.1) is 11.8 Å². The van der Waals surface area contributed by atoms with Gasteiger partial charge in [0.25, 0.3) is 0 Å². The maximum absolute atomic E-state index is 7.17.